The van der Waals surface area contributed by atoms with Crippen LogP contribution in [0.1, 0.15) is 27.7 Å². The molecule has 0 bridgehead atoms. The Labute approximate surface area is 86.2 Å². The molecule has 0 fully saturated rings. The number of hydrogen-bond donors (Lipinski definition) is 0. The van der Waals surface area contributed by atoms with Gasteiger partial charge in [0.15, 0.2) is 0 Å². The van der Waals surface area contributed by atoms with Gasteiger partial charge in [-0.2, -0.15) is 4.89 Å². The molecule has 0 aromatic carbocycles. The lowest BCUT2D eigenvalue weighted by Crippen LogP contribution is -2.35. The Morgan fingerprint density at radius 2 is 1.79 bits per heavy atom. The van der Waals surface area contributed by atoms with E-state index >= 15 is 0 Å². The van der Waals surface area contributed by atoms with Crippen LogP contribution in [0.15, 0.2) is 4.99 Å². The number of methoxy groups -OCH3 is 1. The molecular weight excluding hydrogens is 182 g/mol. The summed E-state index contributed by atoms with van der Waals surface area (Å²) >= 11 is 0. The van der Waals surface area contributed by atoms with Crippen LogP contribution in [0, 0.1) is 5.41 Å². The zero-order valence-electron chi connectivity index (χ0n) is 9.90. The van der Waals surface area contributed by atoms with Gasteiger partial charge < -0.3 is 9.62 Å². The van der Waals surface area contributed by atoms with Crippen LogP contribution < -0.4 is 0 Å². The van der Waals surface area contributed by atoms with Gasteiger partial charge in [-0.05, 0) is 12.3 Å². The number of hydrogen-bond acceptors (Lipinski definition) is 4. The van der Waals surface area contributed by atoms with E-state index in [1.54, 1.807) is 7.11 Å². The van der Waals surface area contributed by atoms with Gasteiger partial charge in [0, 0.05) is 7.11 Å². The second-order valence-corrected chi connectivity index (χ2v) is 4.27. The molecule has 0 amide bonds. The molecule has 14 heavy (non-hydrogen) atoms. The average molecular weight is 203 g/mol. The van der Waals surface area contributed by atoms with Gasteiger partial charge in [0.2, 0.25) is 6.40 Å². The highest BCUT2D eigenvalue weighted by Crippen LogP contribution is 2.25. The normalized spacial score (nSPS) is 17.0. The SMILES string of the molecule is COOC=N[C@@H]([C@H](C)OC)C(C)(C)C. The monoisotopic (exact) mass is 203 g/mol. The standard InChI is InChI=1S/C10H21NO3/c1-8(12-5)9(10(2,3)4)11-7-14-13-6/h7-9H,1-6H3/t8-,9-/m0/s1. The first-order chi connectivity index (χ1) is 6.43. The Balaban J connectivity index is 4.41. The van der Waals surface area contributed by atoms with Gasteiger partial charge >= 0.3 is 0 Å². The smallest absolute Gasteiger partial charge is 0.215 e. The average Bonchev–Trinajstić information content (AvgIpc) is 2.09. The van der Waals surface area contributed by atoms with Crippen molar-refractivity contribution in [3.8, 4) is 0 Å². The van der Waals surface area contributed by atoms with E-state index in [1.807, 2.05) is 6.92 Å². The van der Waals surface area contributed by atoms with Crippen LogP contribution in [0.4, 0.5) is 0 Å². The third-order valence-electron chi connectivity index (χ3n) is 2.06. The van der Waals surface area contributed by atoms with Gasteiger partial charge in [0.25, 0.3) is 0 Å². The van der Waals surface area contributed by atoms with Crippen molar-refractivity contribution in [2.45, 2.75) is 39.8 Å². The molecule has 0 saturated carbocycles. The zero-order valence-corrected chi connectivity index (χ0v) is 9.90. The topological polar surface area (TPSA) is 40.0 Å². The lowest BCUT2D eigenvalue weighted by molar-refractivity contribution is -0.188. The molecule has 0 aliphatic heterocycles. The van der Waals surface area contributed by atoms with Crippen LogP contribution in [0.5, 0.6) is 0 Å². The summed E-state index contributed by atoms with van der Waals surface area (Å²) in [6, 6.07) is 0.0441. The van der Waals surface area contributed by atoms with Crippen LogP contribution in [-0.4, -0.2) is 32.8 Å². The number of ether oxygens (including phenoxy) is 1. The van der Waals surface area contributed by atoms with Gasteiger partial charge in [-0.25, -0.2) is 4.99 Å². The fourth-order valence-corrected chi connectivity index (χ4v) is 1.31. The highest BCUT2D eigenvalue weighted by Gasteiger charge is 2.29. The summed E-state index contributed by atoms with van der Waals surface area (Å²) in [5, 5.41) is 0. The van der Waals surface area contributed by atoms with E-state index in [0.29, 0.717) is 0 Å². The lowest BCUT2D eigenvalue weighted by Gasteiger charge is -2.30. The summed E-state index contributed by atoms with van der Waals surface area (Å²) in [5.74, 6) is 0. The molecule has 0 rings (SSSR count). The summed E-state index contributed by atoms with van der Waals surface area (Å²) in [4.78, 5) is 13.3. The minimum atomic E-state index is 0.0308. The van der Waals surface area contributed by atoms with Crippen molar-refractivity contribution in [3.63, 3.8) is 0 Å². The molecule has 84 valence electrons. The molecule has 0 N–H and O–H groups in total. The van der Waals surface area contributed by atoms with Crippen LogP contribution in [0.2, 0.25) is 0 Å². The van der Waals surface area contributed by atoms with E-state index < -0.39 is 0 Å². The molecule has 2 atom stereocenters. The molecular formula is C10H21NO3. The fraction of sp³-hybridized carbons (Fsp3) is 0.900. The molecule has 0 aliphatic carbocycles. The summed E-state index contributed by atoms with van der Waals surface area (Å²) in [5.41, 5.74) is 0.0308. The Kier molecular flexibility index (Phi) is 5.72. The molecule has 0 aromatic rings. The molecule has 0 heterocycles. The van der Waals surface area contributed by atoms with E-state index in [-0.39, 0.29) is 17.6 Å². The van der Waals surface area contributed by atoms with Crippen molar-refractivity contribution >= 4 is 6.40 Å². The zero-order chi connectivity index (χ0) is 11.2. The van der Waals surface area contributed by atoms with Crippen molar-refractivity contribution in [1.82, 2.24) is 0 Å². The number of rotatable bonds is 5. The lowest BCUT2D eigenvalue weighted by atomic mass is 9.84. The van der Waals surface area contributed by atoms with Crippen molar-refractivity contribution < 1.29 is 14.5 Å². The minimum Gasteiger partial charge on any atom is -0.379 e. The molecule has 4 heteroatoms. The summed E-state index contributed by atoms with van der Waals surface area (Å²) < 4.78 is 5.26. The van der Waals surface area contributed by atoms with Crippen LogP contribution in [0.3, 0.4) is 0 Å². The van der Waals surface area contributed by atoms with E-state index in [4.69, 9.17) is 4.74 Å². The largest absolute Gasteiger partial charge is 0.379 e. The van der Waals surface area contributed by atoms with E-state index in [9.17, 15) is 0 Å². The van der Waals surface area contributed by atoms with Gasteiger partial charge in [0.1, 0.15) is 0 Å². The maximum Gasteiger partial charge on any atom is 0.215 e. The van der Waals surface area contributed by atoms with Crippen LogP contribution in [0.25, 0.3) is 0 Å². The maximum absolute atomic E-state index is 5.26. The van der Waals surface area contributed by atoms with E-state index in [2.05, 4.69) is 35.5 Å². The van der Waals surface area contributed by atoms with E-state index in [0.717, 1.165) is 0 Å². The Hall–Kier alpha value is -0.610. The molecule has 0 aliphatic rings. The first-order valence-electron chi connectivity index (χ1n) is 4.67. The second-order valence-electron chi connectivity index (χ2n) is 4.27. The minimum absolute atomic E-state index is 0.0308. The molecule has 0 radical (unpaired) electrons. The first kappa shape index (κ1) is 13.4. The summed E-state index contributed by atoms with van der Waals surface area (Å²) in [7, 11) is 3.12. The molecule has 0 aromatic heterocycles. The quantitative estimate of drug-likeness (QED) is 0.297. The molecule has 0 saturated heterocycles. The van der Waals surface area contributed by atoms with Gasteiger partial charge in [-0.1, -0.05) is 20.8 Å². The van der Waals surface area contributed by atoms with Crippen molar-refractivity contribution in [1.29, 1.82) is 0 Å². The van der Waals surface area contributed by atoms with Crippen LogP contribution in [-0.2, 0) is 14.5 Å². The fourth-order valence-electron chi connectivity index (χ4n) is 1.31. The predicted octanol–water partition coefficient (Wildman–Crippen LogP) is 2.04. The van der Waals surface area contributed by atoms with Crippen LogP contribution >= 0.6 is 0 Å². The Morgan fingerprint density at radius 3 is 2.14 bits per heavy atom. The molecule has 0 spiro atoms. The van der Waals surface area contributed by atoms with Crippen molar-refractivity contribution in [2.75, 3.05) is 14.2 Å². The molecule has 0 unspecified atom stereocenters. The van der Waals surface area contributed by atoms with Gasteiger partial charge in [0.05, 0.1) is 19.3 Å². The highest BCUT2D eigenvalue weighted by atomic mass is 17.2. The third kappa shape index (κ3) is 4.58. The van der Waals surface area contributed by atoms with Gasteiger partial charge in [-0.15, -0.1) is 0 Å². The predicted molar refractivity (Wildman–Crippen MR) is 56.3 cm³/mol. The first-order valence-corrected chi connectivity index (χ1v) is 4.67. The van der Waals surface area contributed by atoms with Crippen molar-refractivity contribution in [2.24, 2.45) is 10.4 Å². The summed E-state index contributed by atoms with van der Waals surface area (Å²) in [6.07, 6.45) is 1.36. The maximum atomic E-state index is 5.26. The third-order valence-corrected chi connectivity index (χ3v) is 2.06. The Bertz CT molecular complexity index is 175. The van der Waals surface area contributed by atoms with E-state index in [1.165, 1.54) is 13.5 Å². The van der Waals surface area contributed by atoms with Gasteiger partial charge in [-0.3, -0.25) is 0 Å². The second kappa shape index (κ2) is 5.98. The number of aliphatic imine (C=N–C) groups is 1. The van der Waals surface area contributed by atoms with Crippen molar-refractivity contribution in [3.05, 3.63) is 0 Å². The number of nitrogens with zero attached hydrogens (tertiary/aromatic N) is 1. The highest BCUT2D eigenvalue weighted by molar-refractivity contribution is 5.46. The summed E-state index contributed by atoms with van der Waals surface area (Å²) in [6.45, 7) is 8.31. The molecule has 4 nitrogen and oxygen atoms in total. The Morgan fingerprint density at radius 1 is 1.21 bits per heavy atom.